The standard InChI is InChI=1S/C14H27N3O2.2ClH/c1-19-11-13(15)14(18)17-9-5-12(6-10-17)16-7-3-2-4-8-16;;/h12-13H,2-11,15H2,1H3;2*1H. The van der Waals surface area contributed by atoms with Crippen molar-refractivity contribution >= 4 is 30.7 Å². The normalized spacial score (nSPS) is 22.1. The van der Waals surface area contributed by atoms with Gasteiger partial charge in [0.25, 0.3) is 0 Å². The number of carbonyl (C=O) groups is 1. The van der Waals surface area contributed by atoms with Gasteiger partial charge in [0.2, 0.25) is 5.91 Å². The van der Waals surface area contributed by atoms with Crippen molar-refractivity contribution in [3.63, 3.8) is 0 Å². The van der Waals surface area contributed by atoms with E-state index < -0.39 is 6.04 Å². The predicted octanol–water partition coefficient (Wildman–Crippen LogP) is 1.28. The molecule has 7 heteroatoms. The number of amides is 1. The predicted molar refractivity (Wildman–Crippen MR) is 89.4 cm³/mol. The van der Waals surface area contributed by atoms with Crippen molar-refractivity contribution in [2.75, 3.05) is 39.9 Å². The number of hydrogen-bond donors (Lipinski definition) is 1. The summed E-state index contributed by atoms with van der Waals surface area (Å²) in [6.45, 7) is 4.48. The number of hydrogen-bond acceptors (Lipinski definition) is 4. The Balaban J connectivity index is 0.00000200. The minimum absolute atomic E-state index is 0. The molecule has 2 rings (SSSR count). The van der Waals surface area contributed by atoms with Crippen molar-refractivity contribution in [2.45, 2.75) is 44.2 Å². The van der Waals surface area contributed by atoms with Crippen LogP contribution in [-0.4, -0.2) is 67.7 Å². The summed E-state index contributed by atoms with van der Waals surface area (Å²) in [7, 11) is 1.58. The summed E-state index contributed by atoms with van der Waals surface area (Å²) >= 11 is 0. The third-order valence-corrected chi connectivity index (χ3v) is 4.35. The number of piperidine rings is 2. The third-order valence-electron chi connectivity index (χ3n) is 4.35. The van der Waals surface area contributed by atoms with Crippen LogP contribution < -0.4 is 5.73 Å². The lowest BCUT2D eigenvalue weighted by Crippen LogP contribution is -2.52. The van der Waals surface area contributed by atoms with Crippen molar-refractivity contribution in [2.24, 2.45) is 5.73 Å². The summed E-state index contributed by atoms with van der Waals surface area (Å²) in [5, 5.41) is 0. The van der Waals surface area contributed by atoms with E-state index in [0.717, 1.165) is 25.9 Å². The summed E-state index contributed by atoms with van der Waals surface area (Å²) in [6, 6.07) is 0.166. The first-order valence-electron chi connectivity index (χ1n) is 7.49. The van der Waals surface area contributed by atoms with Crippen LogP contribution in [-0.2, 0) is 9.53 Å². The van der Waals surface area contributed by atoms with Crippen molar-refractivity contribution in [3.8, 4) is 0 Å². The van der Waals surface area contributed by atoms with E-state index >= 15 is 0 Å². The van der Waals surface area contributed by atoms with E-state index in [2.05, 4.69) is 4.90 Å². The highest BCUT2D eigenvalue weighted by molar-refractivity contribution is 5.85. The van der Waals surface area contributed by atoms with Gasteiger partial charge in [-0.15, -0.1) is 24.8 Å². The van der Waals surface area contributed by atoms with Gasteiger partial charge in [0, 0.05) is 26.2 Å². The van der Waals surface area contributed by atoms with Gasteiger partial charge >= 0.3 is 0 Å². The van der Waals surface area contributed by atoms with Gasteiger partial charge in [0.15, 0.2) is 0 Å². The van der Waals surface area contributed by atoms with Crippen molar-refractivity contribution in [1.82, 2.24) is 9.80 Å². The van der Waals surface area contributed by atoms with Crippen molar-refractivity contribution in [1.29, 1.82) is 0 Å². The number of carbonyl (C=O) groups excluding carboxylic acids is 1. The fourth-order valence-electron chi connectivity index (χ4n) is 3.22. The maximum absolute atomic E-state index is 12.1. The van der Waals surface area contributed by atoms with Crippen LogP contribution in [0.2, 0.25) is 0 Å². The van der Waals surface area contributed by atoms with Gasteiger partial charge in [0.1, 0.15) is 6.04 Å². The molecule has 126 valence electrons. The van der Waals surface area contributed by atoms with E-state index in [-0.39, 0.29) is 30.7 Å². The quantitative estimate of drug-likeness (QED) is 0.836. The highest BCUT2D eigenvalue weighted by atomic mass is 35.5. The Morgan fingerprint density at radius 3 is 2.24 bits per heavy atom. The first-order chi connectivity index (χ1) is 9.22. The number of nitrogens with zero attached hydrogens (tertiary/aromatic N) is 2. The molecule has 0 aliphatic carbocycles. The monoisotopic (exact) mass is 341 g/mol. The molecule has 0 radical (unpaired) electrons. The molecule has 2 N–H and O–H groups in total. The van der Waals surface area contributed by atoms with Crippen LogP contribution in [0.1, 0.15) is 32.1 Å². The lowest BCUT2D eigenvalue weighted by atomic mass is 9.99. The molecular formula is C14H29Cl2N3O2. The van der Waals surface area contributed by atoms with Crippen LogP contribution in [0.25, 0.3) is 0 Å². The number of likely N-dealkylation sites (tertiary alicyclic amines) is 2. The van der Waals surface area contributed by atoms with Crippen molar-refractivity contribution in [3.05, 3.63) is 0 Å². The summed E-state index contributed by atoms with van der Waals surface area (Å²) in [6.07, 6.45) is 6.21. The molecule has 2 aliphatic rings. The third kappa shape index (κ3) is 5.91. The zero-order valence-electron chi connectivity index (χ0n) is 12.8. The first kappa shape index (κ1) is 20.9. The zero-order valence-corrected chi connectivity index (χ0v) is 14.5. The molecule has 1 atom stereocenters. The molecule has 5 nitrogen and oxygen atoms in total. The van der Waals surface area contributed by atoms with E-state index in [4.69, 9.17) is 10.5 Å². The van der Waals surface area contributed by atoms with E-state index in [1.807, 2.05) is 4.90 Å². The van der Waals surface area contributed by atoms with Gasteiger partial charge in [-0.3, -0.25) is 4.79 Å². The van der Waals surface area contributed by atoms with E-state index in [9.17, 15) is 4.79 Å². The van der Waals surface area contributed by atoms with Gasteiger partial charge in [0.05, 0.1) is 6.61 Å². The fraction of sp³-hybridized carbons (Fsp3) is 0.929. The Morgan fingerprint density at radius 1 is 1.14 bits per heavy atom. The second-order valence-corrected chi connectivity index (χ2v) is 5.71. The Hall–Kier alpha value is -0.0700. The minimum Gasteiger partial charge on any atom is -0.383 e. The summed E-state index contributed by atoms with van der Waals surface area (Å²) in [5.41, 5.74) is 5.81. The van der Waals surface area contributed by atoms with Gasteiger partial charge in [-0.05, 0) is 38.8 Å². The van der Waals surface area contributed by atoms with Crippen LogP contribution in [0.3, 0.4) is 0 Å². The van der Waals surface area contributed by atoms with Crippen LogP contribution in [0, 0.1) is 0 Å². The first-order valence-corrected chi connectivity index (χ1v) is 7.49. The van der Waals surface area contributed by atoms with E-state index in [1.54, 1.807) is 7.11 Å². The molecule has 2 fully saturated rings. The molecule has 0 aromatic rings. The molecule has 21 heavy (non-hydrogen) atoms. The van der Waals surface area contributed by atoms with Crippen LogP contribution in [0.5, 0.6) is 0 Å². The molecule has 0 bridgehead atoms. The Kier molecular flexibility index (Phi) is 10.6. The molecule has 0 spiro atoms. The fourth-order valence-corrected chi connectivity index (χ4v) is 3.22. The molecule has 0 aromatic carbocycles. The molecule has 2 saturated heterocycles. The minimum atomic E-state index is -0.503. The maximum atomic E-state index is 12.1. The number of methoxy groups -OCH3 is 1. The summed E-state index contributed by atoms with van der Waals surface area (Å²) in [4.78, 5) is 16.6. The maximum Gasteiger partial charge on any atom is 0.241 e. The van der Waals surface area contributed by atoms with Gasteiger partial charge in [-0.2, -0.15) is 0 Å². The molecule has 2 aliphatic heterocycles. The number of ether oxygens (including phenoxy) is 1. The zero-order chi connectivity index (χ0) is 13.7. The summed E-state index contributed by atoms with van der Waals surface area (Å²) < 4.78 is 4.95. The van der Waals surface area contributed by atoms with Crippen molar-refractivity contribution < 1.29 is 9.53 Å². The topological polar surface area (TPSA) is 58.8 Å². The lowest BCUT2D eigenvalue weighted by molar-refractivity contribution is -0.135. The van der Waals surface area contributed by atoms with Gasteiger partial charge in [-0.25, -0.2) is 0 Å². The lowest BCUT2D eigenvalue weighted by Gasteiger charge is -2.40. The molecule has 0 aromatic heterocycles. The Bertz CT molecular complexity index is 294. The second kappa shape index (κ2) is 10.6. The van der Waals surface area contributed by atoms with Crippen LogP contribution in [0.4, 0.5) is 0 Å². The van der Waals surface area contributed by atoms with Crippen LogP contribution in [0.15, 0.2) is 0 Å². The number of halogens is 2. The molecule has 1 unspecified atom stereocenters. The Labute approximate surface area is 140 Å². The van der Waals surface area contributed by atoms with Gasteiger partial charge in [-0.1, -0.05) is 6.42 Å². The molecule has 0 saturated carbocycles. The van der Waals surface area contributed by atoms with E-state index in [1.165, 1.54) is 32.4 Å². The van der Waals surface area contributed by atoms with Gasteiger partial charge < -0.3 is 20.3 Å². The molecular weight excluding hydrogens is 313 g/mol. The molecule has 1 amide bonds. The highest BCUT2D eigenvalue weighted by Crippen LogP contribution is 2.21. The second-order valence-electron chi connectivity index (χ2n) is 5.71. The summed E-state index contributed by atoms with van der Waals surface area (Å²) in [5.74, 6) is 0.0407. The number of rotatable bonds is 4. The average molecular weight is 342 g/mol. The van der Waals surface area contributed by atoms with E-state index in [0.29, 0.717) is 12.6 Å². The average Bonchev–Trinajstić information content (AvgIpc) is 2.48. The smallest absolute Gasteiger partial charge is 0.241 e. The Morgan fingerprint density at radius 2 is 1.71 bits per heavy atom. The SMILES string of the molecule is COCC(N)C(=O)N1CCC(N2CCCCC2)CC1.Cl.Cl. The number of nitrogens with two attached hydrogens (primary N) is 1. The van der Waals surface area contributed by atoms with Crippen LogP contribution >= 0.6 is 24.8 Å². The largest absolute Gasteiger partial charge is 0.383 e. The highest BCUT2D eigenvalue weighted by Gasteiger charge is 2.29. The molecule has 2 heterocycles.